The van der Waals surface area contributed by atoms with Crippen molar-refractivity contribution in [2.24, 2.45) is 11.7 Å². The van der Waals surface area contributed by atoms with Crippen LogP contribution >= 0.6 is 0 Å². The van der Waals surface area contributed by atoms with Gasteiger partial charge in [0.25, 0.3) is 5.91 Å². The molecule has 6 heteroatoms. The van der Waals surface area contributed by atoms with E-state index in [9.17, 15) is 14.4 Å². The van der Waals surface area contributed by atoms with E-state index < -0.39 is 17.9 Å². The lowest BCUT2D eigenvalue weighted by Gasteiger charge is -2.20. The van der Waals surface area contributed by atoms with Gasteiger partial charge in [0.05, 0.1) is 6.54 Å². The lowest BCUT2D eigenvalue weighted by atomic mass is 10.0. The van der Waals surface area contributed by atoms with Crippen molar-refractivity contribution >= 4 is 17.7 Å². The maximum atomic E-state index is 12.3. The van der Waals surface area contributed by atoms with Gasteiger partial charge < -0.3 is 16.4 Å². The summed E-state index contributed by atoms with van der Waals surface area (Å²) in [7, 11) is 0. The summed E-state index contributed by atoms with van der Waals surface area (Å²) in [5, 5.41) is 5.16. The zero-order valence-corrected chi connectivity index (χ0v) is 13.2. The maximum Gasteiger partial charge on any atom is 0.252 e. The SMILES string of the molecule is Cc1ccccc1C(=O)N[C@H](CC(C)C)C(=O)NCC(N)=O. The van der Waals surface area contributed by atoms with Crippen LogP contribution in [0.1, 0.15) is 36.2 Å². The zero-order valence-electron chi connectivity index (χ0n) is 13.2. The van der Waals surface area contributed by atoms with Crippen LogP contribution in [0.15, 0.2) is 24.3 Å². The number of hydrogen-bond donors (Lipinski definition) is 3. The molecule has 0 heterocycles. The summed E-state index contributed by atoms with van der Waals surface area (Å²) in [5.41, 5.74) is 6.37. The second kappa shape index (κ2) is 8.17. The summed E-state index contributed by atoms with van der Waals surface area (Å²) in [6.07, 6.45) is 0.474. The first-order chi connectivity index (χ1) is 10.3. The Balaban J connectivity index is 2.80. The van der Waals surface area contributed by atoms with Gasteiger partial charge in [0.1, 0.15) is 6.04 Å². The molecule has 1 aromatic carbocycles. The number of rotatable bonds is 7. The summed E-state index contributed by atoms with van der Waals surface area (Å²) in [6.45, 7) is 5.50. The number of hydrogen-bond acceptors (Lipinski definition) is 3. The fourth-order valence-corrected chi connectivity index (χ4v) is 2.06. The van der Waals surface area contributed by atoms with Crippen molar-refractivity contribution in [2.45, 2.75) is 33.2 Å². The minimum atomic E-state index is -0.702. The zero-order chi connectivity index (χ0) is 16.7. The minimum absolute atomic E-state index is 0.210. The second-order valence-electron chi connectivity index (χ2n) is 5.65. The number of aryl methyl sites for hydroxylation is 1. The average molecular weight is 305 g/mol. The molecule has 0 fully saturated rings. The van der Waals surface area contributed by atoms with E-state index in [0.29, 0.717) is 12.0 Å². The Labute approximate surface area is 130 Å². The molecule has 4 N–H and O–H groups in total. The van der Waals surface area contributed by atoms with Gasteiger partial charge in [-0.3, -0.25) is 14.4 Å². The number of carbonyl (C=O) groups excluding carboxylic acids is 3. The fraction of sp³-hybridized carbons (Fsp3) is 0.438. The predicted octanol–water partition coefficient (Wildman–Crippen LogP) is 0.741. The molecule has 0 aliphatic rings. The quantitative estimate of drug-likeness (QED) is 0.692. The number of primary amides is 1. The van der Waals surface area contributed by atoms with Crippen LogP contribution in [-0.4, -0.2) is 30.3 Å². The first-order valence-corrected chi connectivity index (χ1v) is 7.23. The summed E-state index contributed by atoms with van der Waals surface area (Å²) in [4.78, 5) is 35.2. The molecule has 0 saturated heterocycles. The van der Waals surface area contributed by atoms with Gasteiger partial charge in [0.2, 0.25) is 11.8 Å². The summed E-state index contributed by atoms with van der Waals surface area (Å²) in [6, 6.07) is 6.45. The molecule has 0 spiro atoms. The van der Waals surface area contributed by atoms with Crippen molar-refractivity contribution in [3.8, 4) is 0 Å². The second-order valence-corrected chi connectivity index (χ2v) is 5.65. The third kappa shape index (κ3) is 5.55. The van der Waals surface area contributed by atoms with E-state index >= 15 is 0 Å². The van der Waals surface area contributed by atoms with Crippen molar-refractivity contribution in [1.82, 2.24) is 10.6 Å². The molecule has 1 atom stereocenters. The van der Waals surface area contributed by atoms with E-state index in [2.05, 4.69) is 10.6 Å². The van der Waals surface area contributed by atoms with Gasteiger partial charge in [0.15, 0.2) is 0 Å². The number of carbonyl (C=O) groups is 3. The van der Waals surface area contributed by atoms with Gasteiger partial charge >= 0.3 is 0 Å². The van der Waals surface area contributed by atoms with Crippen LogP contribution in [-0.2, 0) is 9.59 Å². The van der Waals surface area contributed by atoms with Gasteiger partial charge in [-0.25, -0.2) is 0 Å². The van der Waals surface area contributed by atoms with E-state index in [0.717, 1.165) is 5.56 Å². The summed E-state index contributed by atoms with van der Waals surface area (Å²) in [5.74, 6) is -1.13. The molecule has 0 aromatic heterocycles. The number of benzene rings is 1. The number of amides is 3. The van der Waals surface area contributed by atoms with Gasteiger partial charge in [-0.1, -0.05) is 32.0 Å². The average Bonchev–Trinajstić information content (AvgIpc) is 2.43. The molecule has 0 saturated carbocycles. The van der Waals surface area contributed by atoms with Crippen molar-refractivity contribution in [3.63, 3.8) is 0 Å². The number of nitrogens with two attached hydrogens (primary N) is 1. The van der Waals surface area contributed by atoms with Crippen molar-refractivity contribution in [3.05, 3.63) is 35.4 Å². The minimum Gasteiger partial charge on any atom is -0.368 e. The van der Waals surface area contributed by atoms with E-state index in [1.807, 2.05) is 32.9 Å². The third-order valence-electron chi connectivity index (χ3n) is 3.16. The standard InChI is InChI=1S/C16H23N3O3/c1-10(2)8-13(16(22)18-9-14(17)20)19-15(21)12-7-5-4-6-11(12)3/h4-7,10,13H,8-9H2,1-3H3,(H2,17,20)(H,18,22)(H,19,21)/t13-/m1/s1. The lowest BCUT2D eigenvalue weighted by Crippen LogP contribution is -2.49. The summed E-state index contributed by atoms with van der Waals surface area (Å²) >= 11 is 0. The molecule has 1 rings (SSSR count). The highest BCUT2D eigenvalue weighted by molar-refractivity contribution is 5.99. The van der Waals surface area contributed by atoms with Crippen LogP contribution in [0.2, 0.25) is 0 Å². The van der Waals surface area contributed by atoms with Crippen LogP contribution in [0, 0.1) is 12.8 Å². The maximum absolute atomic E-state index is 12.3. The van der Waals surface area contributed by atoms with Crippen molar-refractivity contribution in [2.75, 3.05) is 6.54 Å². The highest BCUT2D eigenvalue weighted by Gasteiger charge is 2.23. The Hall–Kier alpha value is -2.37. The predicted molar refractivity (Wildman–Crippen MR) is 84.1 cm³/mol. The highest BCUT2D eigenvalue weighted by Crippen LogP contribution is 2.10. The summed E-state index contributed by atoms with van der Waals surface area (Å²) < 4.78 is 0. The Morgan fingerprint density at radius 2 is 1.82 bits per heavy atom. The Kier molecular flexibility index (Phi) is 6.56. The molecule has 6 nitrogen and oxygen atoms in total. The van der Waals surface area contributed by atoms with Crippen molar-refractivity contribution in [1.29, 1.82) is 0 Å². The molecule has 0 unspecified atom stereocenters. The lowest BCUT2D eigenvalue weighted by molar-refractivity contribution is -0.126. The third-order valence-corrected chi connectivity index (χ3v) is 3.16. The molecular weight excluding hydrogens is 282 g/mol. The van der Waals surface area contributed by atoms with Crippen molar-refractivity contribution < 1.29 is 14.4 Å². The normalized spacial score (nSPS) is 11.8. The Bertz CT molecular complexity index is 555. The number of nitrogens with one attached hydrogen (secondary N) is 2. The van der Waals surface area contributed by atoms with Gasteiger partial charge in [-0.2, -0.15) is 0 Å². The van der Waals surface area contributed by atoms with Crippen LogP contribution in [0.3, 0.4) is 0 Å². The van der Waals surface area contributed by atoms with E-state index in [1.54, 1.807) is 12.1 Å². The molecule has 22 heavy (non-hydrogen) atoms. The van der Waals surface area contributed by atoms with Gasteiger partial charge in [0, 0.05) is 5.56 Å². The molecular formula is C16H23N3O3. The van der Waals surface area contributed by atoms with E-state index in [1.165, 1.54) is 0 Å². The smallest absolute Gasteiger partial charge is 0.252 e. The first kappa shape index (κ1) is 17.7. The molecule has 3 amide bonds. The van der Waals surface area contributed by atoms with Crippen LogP contribution in [0.25, 0.3) is 0 Å². The van der Waals surface area contributed by atoms with Crippen LogP contribution in [0.4, 0.5) is 0 Å². The van der Waals surface area contributed by atoms with Gasteiger partial charge in [-0.15, -0.1) is 0 Å². The first-order valence-electron chi connectivity index (χ1n) is 7.23. The van der Waals surface area contributed by atoms with E-state index in [4.69, 9.17) is 5.73 Å². The molecule has 0 aliphatic carbocycles. The Morgan fingerprint density at radius 3 is 2.36 bits per heavy atom. The topological polar surface area (TPSA) is 101 Å². The van der Waals surface area contributed by atoms with E-state index in [-0.39, 0.29) is 18.4 Å². The molecule has 1 aromatic rings. The van der Waals surface area contributed by atoms with Gasteiger partial charge in [-0.05, 0) is 30.9 Å². The van der Waals surface area contributed by atoms with Crippen LogP contribution in [0.5, 0.6) is 0 Å². The molecule has 0 aliphatic heterocycles. The van der Waals surface area contributed by atoms with Crippen LogP contribution < -0.4 is 16.4 Å². The Morgan fingerprint density at radius 1 is 1.18 bits per heavy atom. The largest absolute Gasteiger partial charge is 0.368 e. The highest BCUT2D eigenvalue weighted by atomic mass is 16.2. The fourth-order valence-electron chi connectivity index (χ4n) is 2.06. The molecule has 120 valence electrons. The molecule has 0 radical (unpaired) electrons. The monoisotopic (exact) mass is 305 g/mol. The molecule has 0 bridgehead atoms.